The summed E-state index contributed by atoms with van der Waals surface area (Å²) in [5.41, 5.74) is 6.77. The molecule has 0 spiro atoms. The molecule has 5 heteroatoms. The normalized spacial score (nSPS) is 11.5. The van der Waals surface area contributed by atoms with Crippen LogP contribution in [0.1, 0.15) is 22.8 Å². The molecule has 0 aliphatic carbocycles. The van der Waals surface area contributed by atoms with E-state index in [1.54, 1.807) is 24.3 Å². The molecule has 5 nitrogen and oxygen atoms in total. The van der Waals surface area contributed by atoms with Crippen molar-refractivity contribution in [3.05, 3.63) is 65.7 Å². The van der Waals surface area contributed by atoms with Crippen molar-refractivity contribution in [2.24, 2.45) is 5.73 Å². The third kappa shape index (κ3) is 4.85. The molecular formula is C18H20N2O3. The quantitative estimate of drug-likeness (QED) is 0.819. The monoisotopic (exact) mass is 312 g/mol. The van der Waals surface area contributed by atoms with Gasteiger partial charge in [0.1, 0.15) is 11.8 Å². The fraction of sp³-hybridized carbons (Fsp3) is 0.222. The number of benzene rings is 2. The van der Waals surface area contributed by atoms with E-state index in [4.69, 9.17) is 10.5 Å². The maximum absolute atomic E-state index is 12.3. The summed E-state index contributed by atoms with van der Waals surface area (Å²) in [5, 5.41) is 2.68. The molecular weight excluding hydrogens is 292 g/mol. The zero-order valence-electron chi connectivity index (χ0n) is 13.0. The molecule has 120 valence electrons. The van der Waals surface area contributed by atoms with Gasteiger partial charge >= 0.3 is 0 Å². The van der Waals surface area contributed by atoms with Gasteiger partial charge in [0.2, 0.25) is 5.91 Å². The van der Waals surface area contributed by atoms with Gasteiger partial charge in [-0.1, -0.05) is 36.4 Å². The lowest BCUT2D eigenvalue weighted by Gasteiger charge is -2.16. The van der Waals surface area contributed by atoms with E-state index in [0.29, 0.717) is 24.3 Å². The lowest BCUT2D eigenvalue weighted by atomic mass is 10.0. The van der Waals surface area contributed by atoms with E-state index in [-0.39, 0.29) is 5.91 Å². The van der Waals surface area contributed by atoms with Crippen molar-refractivity contribution in [2.45, 2.75) is 19.4 Å². The Morgan fingerprint density at radius 3 is 2.52 bits per heavy atom. The van der Waals surface area contributed by atoms with Crippen molar-refractivity contribution in [1.82, 2.24) is 5.32 Å². The SMILES string of the molecule is CCOc1cccc(C(=O)N[C@@H](Cc2ccccc2)C(N)=O)c1. The lowest BCUT2D eigenvalue weighted by molar-refractivity contribution is -0.119. The van der Waals surface area contributed by atoms with Crippen LogP contribution < -0.4 is 15.8 Å². The van der Waals surface area contributed by atoms with Crippen molar-refractivity contribution in [2.75, 3.05) is 6.61 Å². The minimum Gasteiger partial charge on any atom is -0.494 e. The average molecular weight is 312 g/mol. The summed E-state index contributed by atoms with van der Waals surface area (Å²) in [6.07, 6.45) is 0.354. The predicted molar refractivity (Wildman–Crippen MR) is 88.2 cm³/mol. The van der Waals surface area contributed by atoms with Crippen LogP contribution in [0.3, 0.4) is 0 Å². The molecule has 0 radical (unpaired) electrons. The fourth-order valence-corrected chi connectivity index (χ4v) is 2.21. The van der Waals surface area contributed by atoms with E-state index in [1.165, 1.54) is 0 Å². The van der Waals surface area contributed by atoms with E-state index < -0.39 is 11.9 Å². The summed E-state index contributed by atoms with van der Waals surface area (Å²) in [4.78, 5) is 24.0. The highest BCUT2D eigenvalue weighted by Gasteiger charge is 2.19. The largest absolute Gasteiger partial charge is 0.494 e. The summed E-state index contributed by atoms with van der Waals surface area (Å²) in [5.74, 6) is -0.312. The first-order chi connectivity index (χ1) is 11.1. The van der Waals surface area contributed by atoms with E-state index >= 15 is 0 Å². The molecule has 2 aromatic carbocycles. The number of hydrogen-bond donors (Lipinski definition) is 2. The second-order valence-corrected chi connectivity index (χ2v) is 5.08. The Balaban J connectivity index is 2.09. The van der Waals surface area contributed by atoms with Crippen LogP contribution >= 0.6 is 0 Å². The Hall–Kier alpha value is -2.82. The number of rotatable bonds is 7. The second kappa shape index (κ2) is 7.98. The van der Waals surface area contributed by atoms with E-state index in [2.05, 4.69) is 5.32 Å². The van der Waals surface area contributed by atoms with E-state index in [9.17, 15) is 9.59 Å². The van der Waals surface area contributed by atoms with Crippen LogP contribution in [-0.4, -0.2) is 24.5 Å². The Morgan fingerprint density at radius 1 is 1.13 bits per heavy atom. The number of ether oxygens (including phenoxy) is 1. The molecule has 23 heavy (non-hydrogen) atoms. The number of carbonyl (C=O) groups is 2. The van der Waals surface area contributed by atoms with E-state index in [0.717, 1.165) is 5.56 Å². The molecule has 2 rings (SSSR count). The van der Waals surface area contributed by atoms with Crippen molar-refractivity contribution in [3.63, 3.8) is 0 Å². The van der Waals surface area contributed by atoms with E-state index in [1.807, 2.05) is 37.3 Å². The number of hydrogen-bond acceptors (Lipinski definition) is 3. The summed E-state index contributed by atoms with van der Waals surface area (Å²) in [6.45, 7) is 2.39. The summed E-state index contributed by atoms with van der Waals surface area (Å²) >= 11 is 0. The highest BCUT2D eigenvalue weighted by Crippen LogP contribution is 2.13. The Morgan fingerprint density at radius 2 is 1.87 bits per heavy atom. The first kappa shape index (κ1) is 16.5. The first-order valence-corrected chi connectivity index (χ1v) is 7.47. The highest BCUT2D eigenvalue weighted by molar-refractivity contribution is 5.97. The zero-order valence-corrected chi connectivity index (χ0v) is 13.0. The first-order valence-electron chi connectivity index (χ1n) is 7.47. The molecule has 2 aromatic rings. The predicted octanol–water partition coefficient (Wildman–Crippen LogP) is 1.91. The molecule has 0 fully saturated rings. The molecule has 0 heterocycles. The highest BCUT2D eigenvalue weighted by atomic mass is 16.5. The summed E-state index contributed by atoms with van der Waals surface area (Å²) in [7, 11) is 0. The zero-order chi connectivity index (χ0) is 16.7. The average Bonchev–Trinajstić information content (AvgIpc) is 2.55. The molecule has 2 amide bonds. The second-order valence-electron chi connectivity index (χ2n) is 5.08. The van der Waals surface area contributed by atoms with Gasteiger partial charge < -0.3 is 15.8 Å². The number of nitrogens with two attached hydrogens (primary N) is 1. The van der Waals surface area contributed by atoms with Crippen molar-refractivity contribution < 1.29 is 14.3 Å². The maximum atomic E-state index is 12.3. The van der Waals surface area contributed by atoms with Gasteiger partial charge in [0.15, 0.2) is 0 Å². The van der Waals surface area contributed by atoms with Crippen LogP contribution in [0.4, 0.5) is 0 Å². The van der Waals surface area contributed by atoms with Gasteiger partial charge in [0.25, 0.3) is 5.91 Å². The van der Waals surface area contributed by atoms with Crippen molar-refractivity contribution in [3.8, 4) is 5.75 Å². The maximum Gasteiger partial charge on any atom is 0.252 e. The van der Waals surface area contributed by atoms with Crippen molar-refractivity contribution in [1.29, 1.82) is 0 Å². The molecule has 3 N–H and O–H groups in total. The van der Waals surface area contributed by atoms with Crippen LogP contribution in [-0.2, 0) is 11.2 Å². The van der Waals surface area contributed by atoms with Crippen LogP contribution in [0.15, 0.2) is 54.6 Å². The smallest absolute Gasteiger partial charge is 0.252 e. The van der Waals surface area contributed by atoms with Gasteiger partial charge in [-0.2, -0.15) is 0 Å². The lowest BCUT2D eigenvalue weighted by Crippen LogP contribution is -2.45. The minimum absolute atomic E-state index is 0.354. The fourth-order valence-electron chi connectivity index (χ4n) is 2.21. The van der Waals surface area contributed by atoms with Crippen molar-refractivity contribution >= 4 is 11.8 Å². The van der Waals surface area contributed by atoms with Gasteiger partial charge in [-0.3, -0.25) is 9.59 Å². The van der Waals surface area contributed by atoms with Crippen LogP contribution in [0.2, 0.25) is 0 Å². The molecule has 0 bridgehead atoms. The van der Waals surface area contributed by atoms with Gasteiger partial charge in [0.05, 0.1) is 6.61 Å². The summed E-state index contributed by atoms with van der Waals surface area (Å²) in [6, 6.07) is 15.5. The number of nitrogens with one attached hydrogen (secondary N) is 1. The van der Waals surface area contributed by atoms with Crippen LogP contribution in [0.5, 0.6) is 5.75 Å². The minimum atomic E-state index is -0.763. The standard InChI is InChI=1S/C18H20N2O3/c1-2-23-15-10-6-9-14(12-15)18(22)20-16(17(19)21)11-13-7-4-3-5-8-13/h3-10,12,16H,2,11H2,1H3,(H2,19,21)(H,20,22)/t16-/m0/s1. The molecule has 0 unspecified atom stereocenters. The number of primary amides is 1. The van der Waals surface area contributed by atoms with Gasteiger partial charge in [0, 0.05) is 12.0 Å². The Kier molecular flexibility index (Phi) is 5.74. The number of amides is 2. The molecule has 0 saturated heterocycles. The van der Waals surface area contributed by atoms with Crippen LogP contribution in [0, 0.1) is 0 Å². The topological polar surface area (TPSA) is 81.4 Å². The molecule has 0 aliphatic rings. The van der Waals surface area contributed by atoms with Gasteiger partial charge in [-0.15, -0.1) is 0 Å². The Labute approximate surface area is 135 Å². The Bertz CT molecular complexity index is 671. The molecule has 0 aliphatic heterocycles. The van der Waals surface area contributed by atoms with Crippen LogP contribution in [0.25, 0.3) is 0 Å². The molecule has 0 saturated carbocycles. The summed E-state index contributed by atoms with van der Waals surface area (Å²) < 4.78 is 5.37. The number of carbonyl (C=O) groups excluding carboxylic acids is 2. The van der Waals surface area contributed by atoms with Gasteiger partial charge in [-0.25, -0.2) is 0 Å². The molecule has 0 aromatic heterocycles. The third-order valence-corrected chi connectivity index (χ3v) is 3.34. The third-order valence-electron chi connectivity index (χ3n) is 3.34. The molecule has 1 atom stereocenters. The van der Waals surface area contributed by atoms with Gasteiger partial charge in [-0.05, 0) is 30.7 Å².